The average Bonchev–Trinajstić information content (AvgIpc) is 3.17. The number of benzene rings is 1. The van der Waals surface area contributed by atoms with Gasteiger partial charge in [-0.05, 0) is 56.4 Å². The molecule has 2 aliphatic heterocycles. The number of halogens is 1. The number of aryl methyl sites for hydroxylation is 2. The molecule has 1 amide bonds. The van der Waals surface area contributed by atoms with Gasteiger partial charge in [0.05, 0.1) is 0 Å². The summed E-state index contributed by atoms with van der Waals surface area (Å²) >= 11 is 0. The molecule has 6 nitrogen and oxygen atoms in total. The van der Waals surface area contributed by atoms with E-state index >= 15 is 0 Å². The molecule has 1 aromatic heterocycles. The second-order valence-corrected chi connectivity index (χ2v) is 7.80. The molecular formula is C21H26FN5O. The summed E-state index contributed by atoms with van der Waals surface area (Å²) < 4.78 is 13.3. The zero-order valence-corrected chi connectivity index (χ0v) is 16.3. The number of piperidine rings is 1. The third-order valence-corrected chi connectivity index (χ3v) is 5.76. The normalized spacial score (nSPS) is 25.1. The van der Waals surface area contributed by atoms with Crippen LogP contribution in [0.1, 0.15) is 46.3 Å². The Morgan fingerprint density at radius 1 is 1.21 bits per heavy atom. The molecule has 0 radical (unpaired) electrons. The SMILES string of the molecule is Cc1cc(C(=O)N2CCCC(C3NNCC3c3ccc(F)cc3)C2)nc(C)n1. The first-order chi connectivity index (χ1) is 13.5. The first-order valence-electron chi connectivity index (χ1n) is 9.86. The fourth-order valence-electron chi connectivity index (χ4n) is 4.47. The molecule has 2 aliphatic rings. The van der Waals surface area contributed by atoms with Crippen molar-refractivity contribution in [1.82, 2.24) is 25.7 Å². The third kappa shape index (κ3) is 3.91. The lowest BCUT2D eigenvalue weighted by Gasteiger charge is -2.37. The van der Waals surface area contributed by atoms with E-state index in [1.165, 1.54) is 12.1 Å². The second-order valence-electron chi connectivity index (χ2n) is 7.80. The van der Waals surface area contributed by atoms with Crippen LogP contribution in [0.4, 0.5) is 4.39 Å². The van der Waals surface area contributed by atoms with Gasteiger partial charge in [-0.25, -0.2) is 14.4 Å². The number of rotatable bonds is 3. The summed E-state index contributed by atoms with van der Waals surface area (Å²) in [4.78, 5) is 23.5. The zero-order chi connectivity index (χ0) is 19.7. The maximum absolute atomic E-state index is 13.3. The largest absolute Gasteiger partial charge is 0.337 e. The van der Waals surface area contributed by atoms with Gasteiger partial charge in [-0.15, -0.1) is 0 Å². The summed E-state index contributed by atoms with van der Waals surface area (Å²) in [6.45, 7) is 5.93. The van der Waals surface area contributed by atoms with Crippen LogP contribution in [0.5, 0.6) is 0 Å². The molecule has 3 unspecified atom stereocenters. The van der Waals surface area contributed by atoms with Gasteiger partial charge in [0.2, 0.25) is 0 Å². The van der Waals surface area contributed by atoms with Gasteiger partial charge in [0.25, 0.3) is 5.91 Å². The van der Waals surface area contributed by atoms with Crippen molar-refractivity contribution in [2.24, 2.45) is 5.92 Å². The summed E-state index contributed by atoms with van der Waals surface area (Å²) in [5.74, 6) is 0.956. The van der Waals surface area contributed by atoms with Gasteiger partial charge in [-0.1, -0.05) is 12.1 Å². The topological polar surface area (TPSA) is 70.2 Å². The van der Waals surface area contributed by atoms with Crippen molar-refractivity contribution in [3.63, 3.8) is 0 Å². The summed E-state index contributed by atoms with van der Waals surface area (Å²) in [6, 6.07) is 8.72. The number of aromatic nitrogens is 2. The minimum Gasteiger partial charge on any atom is -0.337 e. The van der Waals surface area contributed by atoms with Gasteiger partial charge in [0.15, 0.2) is 0 Å². The Kier molecular flexibility index (Phi) is 5.37. The number of likely N-dealkylation sites (tertiary alicyclic amines) is 1. The van der Waals surface area contributed by atoms with Gasteiger partial charge in [0.1, 0.15) is 17.3 Å². The number of hydrogen-bond acceptors (Lipinski definition) is 5. The molecule has 3 atom stereocenters. The molecular weight excluding hydrogens is 357 g/mol. The molecule has 2 N–H and O–H groups in total. The van der Waals surface area contributed by atoms with Crippen molar-refractivity contribution in [2.75, 3.05) is 19.6 Å². The van der Waals surface area contributed by atoms with E-state index in [0.29, 0.717) is 24.0 Å². The quantitative estimate of drug-likeness (QED) is 0.851. The zero-order valence-electron chi connectivity index (χ0n) is 16.3. The number of amides is 1. The predicted octanol–water partition coefficient (Wildman–Crippen LogP) is 2.34. The summed E-state index contributed by atoms with van der Waals surface area (Å²) in [6.07, 6.45) is 2.02. The molecule has 0 bridgehead atoms. The van der Waals surface area contributed by atoms with E-state index in [9.17, 15) is 9.18 Å². The Hall–Kier alpha value is -2.38. The number of carbonyl (C=O) groups excluding carboxylic acids is 1. The molecule has 3 heterocycles. The number of carbonyl (C=O) groups is 1. The molecule has 2 saturated heterocycles. The Balaban J connectivity index is 1.50. The number of hydrogen-bond donors (Lipinski definition) is 2. The van der Waals surface area contributed by atoms with E-state index in [1.54, 1.807) is 6.07 Å². The molecule has 0 aliphatic carbocycles. The molecule has 2 aromatic rings. The lowest BCUT2D eigenvalue weighted by atomic mass is 9.81. The van der Waals surface area contributed by atoms with E-state index < -0.39 is 0 Å². The van der Waals surface area contributed by atoms with Crippen molar-refractivity contribution >= 4 is 5.91 Å². The number of hydrazine groups is 1. The van der Waals surface area contributed by atoms with Crippen molar-refractivity contribution in [2.45, 2.75) is 38.6 Å². The van der Waals surface area contributed by atoms with Crippen LogP contribution in [-0.2, 0) is 0 Å². The Morgan fingerprint density at radius 2 is 2.00 bits per heavy atom. The van der Waals surface area contributed by atoms with Crippen molar-refractivity contribution in [3.8, 4) is 0 Å². The number of nitrogens with zero attached hydrogens (tertiary/aromatic N) is 3. The highest BCUT2D eigenvalue weighted by Crippen LogP contribution is 2.32. The molecule has 1 aromatic carbocycles. The van der Waals surface area contributed by atoms with Crippen LogP contribution in [0.3, 0.4) is 0 Å². The highest BCUT2D eigenvalue weighted by Gasteiger charge is 2.37. The predicted molar refractivity (Wildman–Crippen MR) is 104 cm³/mol. The fraction of sp³-hybridized carbons (Fsp3) is 0.476. The summed E-state index contributed by atoms with van der Waals surface area (Å²) in [7, 11) is 0. The molecule has 2 fully saturated rings. The molecule has 4 rings (SSSR count). The van der Waals surface area contributed by atoms with E-state index in [2.05, 4.69) is 20.8 Å². The molecule has 0 spiro atoms. The van der Waals surface area contributed by atoms with E-state index in [0.717, 1.165) is 37.2 Å². The smallest absolute Gasteiger partial charge is 0.272 e. The molecule has 0 saturated carbocycles. The minimum atomic E-state index is -0.218. The maximum Gasteiger partial charge on any atom is 0.272 e. The van der Waals surface area contributed by atoms with Crippen LogP contribution >= 0.6 is 0 Å². The Bertz CT molecular complexity index is 836. The first kappa shape index (κ1) is 19.0. The lowest BCUT2D eigenvalue weighted by Crippen LogP contribution is -2.48. The average molecular weight is 383 g/mol. The lowest BCUT2D eigenvalue weighted by molar-refractivity contribution is 0.0638. The van der Waals surface area contributed by atoms with Gasteiger partial charge >= 0.3 is 0 Å². The summed E-state index contributed by atoms with van der Waals surface area (Å²) in [5.41, 5.74) is 9.05. The first-order valence-corrected chi connectivity index (χ1v) is 9.86. The highest BCUT2D eigenvalue weighted by atomic mass is 19.1. The van der Waals surface area contributed by atoms with Gasteiger partial charge in [-0.3, -0.25) is 15.6 Å². The third-order valence-electron chi connectivity index (χ3n) is 5.76. The van der Waals surface area contributed by atoms with Gasteiger partial charge in [0, 0.05) is 37.3 Å². The van der Waals surface area contributed by atoms with Crippen molar-refractivity contribution < 1.29 is 9.18 Å². The fourth-order valence-corrected chi connectivity index (χ4v) is 4.47. The van der Waals surface area contributed by atoms with Crippen molar-refractivity contribution in [3.05, 3.63) is 58.9 Å². The molecule has 148 valence electrons. The van der Waals surface area contributed by atoms with Crippen molar-refractivity contribution in [1.29, 1.82) is 0 Å². The van der Waals surface area contributed by atoms with Crippen LogP contribution in [0.15, 0.2) is 30.3 Å². The highest BCUT2D eigenvalue weighted by molar-refractivity contribution is 5.92. The van der Waals surface area contributed by atoms with Crippen LogP contribution in [0.25, 0.3) is 0 Å². The summed E-state index contributed by atoms with van der Waals surface area (Å²) in [5, 5.41) is 0. The van der Waals surface area contributed by atoms with Crippen LogP contribution in [0.2, 0.25) is 0 Å². The van der Waals surface area contributed by atoms with E-state index in [1.807, 2.05) is 30.9 Å². The monoisotopic (exact) mass is 383 g/mol. The van der Waals surface area contributed by atoms with E-state index in [4.69, 9.17) is 0 Å². The molecule has 28 heavy (non-hydrogen) atoms. The van der Waals surface area contributed by atoms with E-state index in [-0.39, 0.29) is 23.7 Å². The molecule has 7 heteroatoms. The second kappa shape index (κ2) is 7.93. The van der Waals surface area contributed by atoms with Gasteiger partial charge < -0.3 is 4.90 Å². The van der Waals surface area contributed by atoms with Crippen LogP contribution in [0, 0.1) is 25.6 Å². The minimum absolute atomic E-state index is 0.0254. The Morgan fingerprint density at radius 3 is 2.75 bits per heavy atom. The standard InChI is InChI=1S/C21H26FN5O/c1-13-10-19(25-14(2)24-13)21(28)27-9-3-4-16(12-27)20-18(11-23-26-20)15-5-7-17(22)8-6-15/h5-8,10,16,18,20,23,26H,3-4,9,11-12H2,1-2H3. The maximum atomic E-state index is 13.3. The van der Waals surface area contributed by atoms with Crippen LogP contribution in [-0.4, -0.2) is 46.5 Å². The number of nitrogens with one attached hydrogen (secondary N) is 2. The Labute approximate surface area is 164 Å². The van der Waals surface area contributed by atoms with Crippen LogP contribution < -0.4 is 10.9 Å². The van der Waals surface area contributed by atoms with Gasteiger partial charge in [-0.2, -0.15) is 0 Å².